The van der Waals surface area contributed by atoms with E-state index in [0.717, 1.165) is 0 Å². The maximum Gasteiger partial charge on any atom is 0.240 e. The minimum Gasteiger partial charge on any atom is -0.397 e. The van der Waals surface area contributed by atoms with Gasteiger partial charge in [0.05, 0.1) is 23.5 Å². The van der Waals surface area contributed by atoms with E-state index in [4.69, 9.17) is 5.73 Å². The summed E-state index contributed by atoms with van der Waals surface area (Å²) in [6, 6.07) is 3.79. The molecule has 7 heteroatoms. The van der Waals surface area contributed by atoms with Crippen LogP contribution in [-0.2, 0) is 9.59 Å². The van der Waals surface area contributed by atoms with Gasteiger partial charge in [0.25, 0.3) is 0 Å². The molecule has 1 aromatic carbocycles. The molecule has 1 aliphatic heterocycles. The molecular weight excluding hydrogens is 275 g/mol. The van der Waals surface area contributed by atoms with Crippen molar-refractivity contribution in [3.05, 3.63) is 24.0 Å². The van der Waals surface area contributed by atoms with Crippen molar-refractivity contribution >= 4 is 23.2 Å². The number of halogens is 1. The molecule has 2 rings (SSSR count). The Morgan fingerprint density at radius 1 is 1.52 bits per heavy atom. The number of piperazine rings is 1. The number of nitrogens with one attached hydrogen (secondary N) is 2. The quantitative estimate of drug-likeness (QED) is 0.711. The zero-order valence-corrected chi connectivity index (χ0v) is 12.1. The zero-order chi connectivity index (χ0) is 15.6. The van der Waals surface area contributed by atoms with E-state index in [9.17, 15) is 14.0 Å². The predicted molar refractivity (Wildman–Crippen MR) is 78.1 cm³/mol. The fraction of sp³-hybridized carbons (Fsp3) is 0.429. The van der Waals surface area contributed by atoms with E-state index >= 15 is 0 Å². The molecule has 1 heterocycles. The van der Waals surface area contributed by atoms with E-state index in [0.29, 0.717) is 18.8 Å². The van der Waals surface area contributed by atoms with Gasteiger partial charge in [-0.15, -0.1) is 0 Å². The van der Waals surface area contributed by atoms with Crippen LogP contribution in [0.4, 0.5) is 15.8 Å². The average molecular weight is 294 g/mol. The molecule has 0 bridgehead atoms. The summed E-state index contributed by atoms with van der Waals surface area (Å²) in [7, 11) is 0. The molecule has 21 heavy (non-hydrogen) atoms. The summed E-state index contributed by atoms with van der Waals surface area (Å²) in [5, 5.41) is 5.33. The summed E-state index contributed by atoms with van der Waals surface area (Å²) in [6.45, 7) is 4.62. The molecule has 6 nitrogen and oxygen atoms in total. The first-order valence-electron chi connectivity index (χ1n) is 6.69. The fourth-order valence-electron chi connectivity index (χ4n) is 2.22. The zero-order valence-electron chi connectivity index (χ0n) is 12.1. The monoisotopic (exact) mass is 294 g/mol. The number of nitrogens with two attached hydrogens (primary N) is 1. The van der Waals surface area contributed by atoms with Gasteiger partial charge in [0.1, 0.15) is 5.82 Å². The van der Waals surface area contributed by atoms with Crippen molar-refractivity contribution < 1.29 is 14.0 Å². The van der Waals surface area contributed by atoms with Crippen LogP contribution in [0.15, 0.2) is 18.2 Å². The molecule has 1 aromatic rings. The van der Waals surface area contributed by atoms with Gasteiger partial charge in [-0.1, -0.05) is 0 Å². The van der Waals surface area contributed by atoms with Crippen LogP contribution >= 0.6 is 0 Å². The lowest BCUT2D eigenvalue weighted by molar-refractivity contribution is -0.136. The Morgan fingerprint density at radius 2 is 2.24 bits per heavy atom. The smallest absolute Gasteiger partial charge is 0.240 e. The summed E-state index contributed by atoms with van der Waals surface area (Å²) >= 11 is 0. The molecule has 1 fully saturated rings. The molecule has 1 saturated heterocycles. The molecule has 4 N–H and O–H groups in total. The third-order valence-electron chi connectivity index (χ3n) is 3.64. The van der Waals surface area contributed by atoms with Crippen molar-refractivity contribution in [2.24, 2.45) is 0 Å². The van der Waals surface area contributed by atoms with Gasteiger partial charge in [-0.3, -0.25) is 14.5 Å². The number of anilines is 2. The van der Waals surface area contributed by atoms with Crippen LogP contribution in [0.3, 0.4) is 0 Å². The predicted octanol–water partition coefficient (Wildman–Crippen LogP) is 0.557. The Morgan fingerprint density at radius 3 is 2.95 bits per heavy atom. The van der Waals surface area contributed by atoms with E-state index in [1.807, 2.05) is 0 Å². The second-order valence-electron chi connectivity index (χ2n) is 5.52. The Hall–Kier alpha value is -2.15. The Kier molecular flexibility index (Phi) is 4.13. The minimum atomic E-state index is -0.761. The number of nitrogens with zero attached hydrogens (tertiary/aromatic N) is 1. The van der Waals surface area contributed by atoms with Crippen LogP contribution in [0.25, 0.3) is 0 Å². The number of benzene rings is 1. The molecule has 0 aromatic heterocycles. The van der Waals surface area contributed by atoms with Crippen molar-refractivity contribution in [1.82, 2.24) is 10.2 Å². The number of rotatable bonds is 3. The second-order valence-corrected chi connectivity index (χ2v) is 5.52. The van der Waals surface area contributed by atoms with Crippen LogP contribution < -0.4 is 16.4 Å². The SMILES string of the molecule is CC1(C)C(=O)NCCN1CC(=O)Nc1cc(F)ccc1N. The van der Waals surface area contributed by atoms with Crippen LogP contribution in [0.2, 0.25) is 0 Å². The van der Waals surface area contributed by atoms with E-state index < -0.39 is 11.4 Å². The maximum atomic E-state index is 13.2. The van der Waals surface area contributed by atoms with E-state index in [2.05, 4.69) is 10.6 Å². The number of hydrogen-bond donors (Lipinski definition) is 3. The first-order chi connectivity index (χ1) is 9.80. The Bertz CT molecular complexity index is 574. The van der Waals surface area contributed by atoms with E-state index in [1.54, 1.807) is 18.7 Å². The van der Waals surface area contributed by atoms with E-state index in [-0.39, 0.29) is 24.0 Å². The lowest BCUT2D eigenvalue weighted by Crippen LogP contribution is -2.62. The molecule has 0 saturated carbocycles. The summed E-state index contributed by atoms with van der Waals surface area (Å²) in [5.74, 6) is -0.931. The van der Waals surface area contributed by atoms with Crippen LogP contribution in [-0.4, -0.2) is 41.9 Å². The molecule has 0 radical (unpaired) electrons. The lowest BCUT2D eigenvalue weighted by atomic mass is 9.99. The third-order valence-corrected chi connectivity index (χ3v) is 3.64. The number of hydrogen-bond acceptors (Lipinski definition) is 4. The van der Waals surface area contributed by atoms with Crippen molar-refractivity contribution in [1.29, 1.82) is 0 Å². The first kappa shape index (κ1) is 15.2. The van der Waals surface area contributed by atoms with Crippen LogP contribution in [0.5, 0.6) is 0 Å². The largest absolute Gasteiger partial charge is 0.397 e. The molecule has 2 amide bonds. The van der Waals surface area contributed by atoms with Crippen LogP contribution in [0, 0.1) is 5.82 Å². The summed E-state index contributed by atoms with van der Waals surface area (Å²) in [6.07, 6.45) is 0. The standard InChI is InChI=1S/C14H19FN4O2/c1-14(2)13(21)17-5-6-19(14)8-12(20)18-11-7-9(15)3-4-10(11)16/h3-4,7H,5-6,8,16H2,1-2H3,(H,17,21)(H,18,20). The lowest BCUT2D eigenvalue weighted by Gasteiger charge is -2.40. The van der Waals surface area contributed by atoms with Gasteiger partial charge in [0.15, 0.2) is 0 Å². The molecule has 1 aliphatic rings. The van der Waals surface area contributed by atoms with Crippen molar-refractivity contribution in [3.8, 4) is 0 Å². The highest BCUT2D eigenvalue weighted by atomic mass is 19.1. The molecule has 0 spiro atoms. The molecule has 0 unspecified atom stereocenters. The van der Waals surface area contributed by atoms with Crippen molar-refractivity contribution in [3.63, 3.8) is 0 Å². The van der Waals surface area contributed by atoms with E-state index in [1.165, 1.54) is 18.2 Å². The van der Waals surface area contributed by atoms with Gasteiger partial charge in [-0.2, -0.15) is 0 Å². The van der Waals surface area contributed by atoms with Crippen LogP contribution in [0.1, 0.15) is 13.8 Å². The van der Waals surface area contributed by atoms with Gasteiger partial charge in [-0.25, -0.2) is 4.39 Å². The summed E-state index contributed by atoms with van der Waals surface area (Å²) in [4.78, 5) is 25.7. The van der Waals surface area contributed by atoms with Crippen molar-refractivity contribution in [2.45, 2.75) is 19.4 Å². The Balaban J connectivity index is 2.04. The fourth-order valence-corrected chi connectivity index (χ4v) is 2.22. The molecule has 0 aliphatic carbocycles. The number of carbonyl (C=O) groups excluding carboxylic acids is 2. The highest BCUT2D eigenvalue weighted by Crippen LogP contribution is 2.20. The topological polar surface area (TPSA) is 87.5 Å². The van der Waals surface area contributed by atoms with Gasteiger partial charge in [-0.05, 0) is 32.0 Å². The van der Waals surface area contributed by atoms with Gasteiger partial charge in [0.2, 0.25) is 11.8 Å². The van der Waals surface area contributed by atoms with Crippen molar-refractivity contribution in [2.75, 3.05) is 30.7 Å². The van der Waals surface area contributed by atoms with Gasteiger partial charge >= 0.3 is 0 Å². The molecular formula is C14H19FN4O2. The summed E-state index contributed by atoms with van der Waals surface area (Å²) < 4.78 is 13.2. The molecule has 114 valence electrons. The number of nitrogen functional groups attached to an aromatic ring is 1. The third kappa shape index (κ3) is 3.30. The first-order valence-corrected chi connectivity index (χ1v) is 6.69. The molecule has 0 atom stereocenters. The van der Waals surface area contributed by atoms with Gasteiger partial charge in [0, 0.05) is 13.1 Å². The number of carbonyl (C=O) groups is 2. The average Bonchev–Trinajstić information content (AvgIpc) is 2.40. The second kappa shape index (κ2) is 5.69. The maximum absolute atomic E-state index is 13.2. The Labute approximate surface area is 122 Å². The minimum absolute atomic E-state index is 0.0381. The summed E-state index contributed by atoms with van der Waals surface area (Å²) in [5.41, 5.74) is 5.45. The number of amides is 2. The normalized spacial score (nSPS) is 18.1. The highest BCUT2D eigenvalue weighted by molar-refractivity contribution is 5.96. The van der Waals surface area contributed by atoms with Gasteiger partial charge < -0.3 is 16.4 Å². The highest BCUT2D eigenvalue weighted by Gasteiger charge is 2.38.